The highest BCUT2D eigenvalue weighted by Crippen LogP contribution is 2.24. The Kier molecular flexibility index (Phi) is 9.56. The Hall–Kier alpha value is -0.810. The molecule has 0 radical (unpaired) electrons. The van der Waals surface area contributed by atoms with Gasteiger partial charge in [0, 0.05) is 13.1 Å². The van der Waals surface area contributed by atoms with Crippen molar-refractivity contribution in [2.24, 2.45) is 11.7 Å². The lowest BCUT2D eigenvalue weighted by molar-refractivity contribution is 0.0525. The molecule has 1 fully saturated rings. The summed E-state index contributed by atoms with van der Waals surface area (Å²) in [5.74, 6) is 0.848. The molecule has 5 nitrogen and oxygen atoms in total. The van der Waals surface area contributed by atoms with Crippen molar-refractivity contribution in [2.45, 2.75) is 71.3 Å². The predicted octanol–water partition coefficient (Wildman–Crippen LogP) is 3.13. The number of nitrogens with zero attached hydrogens (tertiary/aromatic N) is 1. The van der Waals surface area contributed by atoms with E-state index in [0.717, 1.165) is 38.4 Å². The number of nitrogens with two attached hydrogens (primary N) is 1. The van der Waals surface area contributed by atoms with E-state index in [0.29, 0.717) is 6.54 Å². The first-order valence-corrected chi connectivity index (χ1v) is 9.30. The Morgan fingerprint density at radius 1 is 1.17 bits per heavy atom. The Morgan fingerprint density at radius 2 is 1.83 bits per heavy atom. The third-order valence-corrected chi connectivity index (χ3v) is 4.24. The first-order valence-electron chi connectivity index (χ1n) is 9.30. The molecule has 1 rings (SSSR count). The standard InChI is InChI=1S/C18H37N3O2/c1-18(2,3)23-17(22)20-12-8-14-21(13-7-11-19)15-16-9-5-4-6-10-16/h16H,4-15,19H2,1-3H3,(H,20,22). The van der Waals surface area contributed by atoms with E-state index in [2.05, 4.69) is 10.2 Å². The van der Waals surface area contributed by atoms with Gasteiger partial charge in [0.15, 0.2) is 0 Å². The second-order valence-electron chi connectivity index (χ2n) is 7.73. The van der Waals surface area contributed by atoms with Crippen LogP contribution in [0.25, 0.3) is 0 Å². The lowest BCUT2D eigenvalue weighted by Gasteiger charge is -2.29. The van der Waals surface area contributed by atoms with Crippen molar-refractivity contribution in [3.63, 3.8) is 0 Å². The Labute approximate surface area is 142 Å². The van der Waals surface area contributed by atoms with E-state index in [1.54, 1.807) is 0 Å². The molecule has 1 saturated carbocycles. The molecule has 0 aromatic carbocycles. The highest BCUT2D eigenvalue weighted by atomic mass is 16.6. The normalized spacial score (nSPS) is 16.6. The van der Waals surface area contributed by atoms with Gasteiger partial charge in [0.25, 0.3) is 0 Å². The van der Waals surface area contributed by atoms with Gasteiger partial charge in [-0.1, -0.05) is 19.3 Å². The number of alkyl carbamates (subject to hydrolysis) is 1. The van der Waals surface area contributed by atoms with Crippen LogP contribution in [0.4, 0.5) is 4.79 Å². The van der Waals surface area contributed by atoms with Crippen LogP contribution in [0.2, 0.25) is 0 Å². The van der Waals surface area contributed by atoms with E-state index in [9.17, 15) is 4.79 Å². The second-order valence-corrected chi connectivity index (χ2v) is 7.73. The van der Waals surface area contributed by atoms with Gasteiger partial charge in [0.05, 0.1) is 0 Å². The summed E-state index contributed by atoms with van der Waals surface area (Å²) in [5, 5.41) is 2.84. The van der Waals surface area contributed by atoms with Crippen LogP contribution in [-0.4, -0.2) is 49.3 Å². The van der Waals surface area contributed by atoms with Gasteiger partial charge in [0.1, 0.15) is 5.60 Å². The van der Waals surface area contributed by atoms with E-state index in [1.165, 1.54) is 38.6 Å². The molecule has 0 aromatic heterocycles. The zero-order valence-corrected chi connectivity index (χ0v) is 15.4. The van der Waals surface area contributed by atoms with E-state index < -0.39 is 5.60 Å². The molecule has 0 aromatic rings. The molecule has 0 heterocycles. The van der Waals surface area contributed by atoms with E-state index in [1.807, 2.05) is 20.8 Å². The highest BCUT2D eigenvalue weighted by molar-refractivity contribution is 5.67. The van der Waals surface area contributed by atoms with E-state index in [-0.39, 0.29) is 6.09 Å². The molecule has 136 valence electrons. The lowest BCUT2D eigenvalue weighted by atomic mass is 9.89. The summed E-state index contributed by atoms with van der Waals surface area (Å²) in [7, 11) is 0. The van der Waals surface area contributed by atoms with Crippen molar-refractivity contribution in [3.05, 3.63) is 0 Å². The highest BCUT2D eigenvalue weighted by Gasteiger charge is 2.18. The topological polar surface area (TPSA) is 67.6 Å². The largest absolute Gasteiger partial charge is 0.444 e. The molecule has 23 heavy (non-hydrogen) atoms. The molecule has 1 aliphatic rings. The average Bonchev–Trinajstić information content (AvgIpc) is 2.48. The quantitative estimate of drug-likeness (QED) is 0.639. The van der Waals surface area contributed by atoms with Crippen molar-refractivity contribution in [3.8, 4) is 0 Å². The molecule has 1 amide bonds. The molecule has 0 saturated heterocycles. The molecule has 5 heteroatoms. The van der Waals surface area contributed by atoms with Crippen LogP contribution in [0, 0.1) is 5.92 Å². The minimum absolute atomic E-state index is 0.321. The van der Waals surface area contributed by atoms with Crippen molar-refractivity contribution in [1.29, 1.82) is 0 Å². The maximum atomic E-state index is 11.6. The van der Waals surface area contributed by atoms with Crippen molar-refractivity contribution in [2.75, 3.05) is 32.7 Å². The summed E-state index contributed by atoms with van der Waals surface area (Å²) >= 11 is 0. The van der Waals surface area contributed by atoms with Gasteiger partial charge >= 0.3 is 6.09 Å². The van der Waals surface area contributed by atoms with Crippen LogP contribution >= 0.6 is 0 Å². The number of carbonyl (C=O) groups excluding carboxylic acids is 1. The third-order valence-electron chi connectivity index (χ3n) is 4.24. The van der Waals surface area contributed by atoms with Gasteiger partial charge in [-0.15, -0.1) is 0 Å². The zero-order valence-electron chi connectivity index (χ0n) is 15.4. The van der Waals surface area contributed by atoms with Gasteiger partial charge in [-0.3, -0.25) is 0 Å². The zero-order chi connectivity index (χ0) is 17.1. The molecule has 0 bridgehead atoms. The molecular formula is C18H37N3O2. The smallest absolute Gasteiger partial charge is 0.407 e. The summed E-state index contributed by atoms with van der Waals surface area (Å²) in [6.07, 6.45) is 8.59. The third kappa shape index (κ3) is 10.6. The number of amides is 1. The van der Waals surface area contributed by atoms with Crippen LogP contribution in [0.15, 0.2) is 0 Å². The number of hydrogen-bond donors (Lipinski definition) is 2. The first kappa shape index (κ1) is 20.2. The van der Waals surface area contributed by atoms with Gasteiger partial charge in [-0.2, -0.15) is 0 Å². The SMILES string of the molecule is CC(C)(C)OC(=O)NCCCN(CCCN)CC1CCCCC1. The van der Waals surface area contributed by atoms with Crippen LogP contribution in [0.3, 0.4) is 0 Å². The molecule has 1 aliphatic carbocycles. The van der Waals surface area contributed by atoms with Gasteiger partial charge in [-0.25, -0.2) is 4.79 Å². The molecule has 0 spiro atoms. The number of hydrogen-bond acceptors (Lipinski definition) is 4. The minimum atomic E-state index is -0.432. The van der Waals surface area contributed by atoms with Crippen LogP contribution < -0.4 is 11.1 Å². The monoisotopic (exact) mass is 327 g/mol. The number of rotatable bonds is 9. The fourth-order valence-corrected chi connectivity index (χ4v) is 3.15. The maximum absolute atomic E-state index is 11.6. The van der Waals surface area contributed by atoms with Crippen LogP contribution in [0.5, 0.6) is 0 Å². The molecule has 0 aliphatic heterocycles. The minimum Gasteiger partial charge on any atom is -0.444 e. The average molecular weight is 328 g/mol. The second kappa shape index (κ2) is 10.9. The van der Waals surface area contributed by atoms with E-state index in [4.69, 9.17) is 10.5 Å². The van der Waals surface area contributed by atoms with Crippen molar-refractivity contribution >= 4 is 6.09 Å². The Morgan fingerprint density at radius 3 is 2.43 bits per heavy atom. The Bertz CT molecular complexity index is 323. The fraction of sp³-hybridized carbons (Fsp3) is 0.944. The number of ether oxygens (including phenoxy) is 1. The number of nitrogens with one attached hydrogen (secondary N) is 1. The summed E-state index contributed by atoms with van der Waals surface area (Å²) in [6.45, 7) is 10.3. The van der Waals surface area contributed by atoms with Crippen molar-refractivity contribution in [1.82, 2.24) is 10.2 Å². The molecular weight excluding hydrogens is 290 g/mol. The van der Waals surface area contributed by atoms with Crippen LogP contribution in [0.1, 0.15) is 65.7 Å². The lowest BCUT2D eigenvalue weighted by Crippen LogP contribution is -2.36. The summed E-state index contributed by atoms with van der Waals surface area (Å²) in [6, 6.07) is 0. The fourth-order valence-electron chi connectivity index (χ4n) is 3.15. The first-order chi connectivity index (χ1) is 10.9. The predicted molar refractivity (Wildman–Crippen MR) is 95.5 cm³/mol. The molecule has 3 N–H and O–H groups in total. The summed E-state index contributed by atoms with van der Waals surface area (Å²) in [5.41, 5.74) is 5.23. The van der Waals surface area contributed by atoms with Gasteiger partial charge < -0.3 is 20.7 Å². The van der Waals surface area contributed by atoms with Gasteiger partial charge in [-0.05, 0) is 72.0 Å². The van der Waals surface area contributed by atoms with Crippen molar-refractivity contribution < 1.29 is 9.53 Å². The van der Waals surface area contributed by atoms with Crippen LogP contribution in [-0.2, 0) is 4.74 Å². The summed E-state index contributed by atoms with van der Waals surface area (Å²) in [4.78, 5) is 14.2. The Balaban J connectivity index is 2.23. The summed E-state index contributed by atoms with van der Waals surface area (Å²) < 4.78 is 5.25. The molecule has 0 unspecified atom stereocenters. The maximum Gasteiger partial charge on any atom is 0.407 e. The van der Waals surface area contributed by atoms with Gasteiger partial charge in [0.2, 0.25) is 0 Å². The number of carbonyl (C=O) groups is 1. The molecule has 0 atom stereocenters. The van der Waals surface area contributed by atoms with E-state index >= 15 is 0 Å².